The lowest BCUT2D eigenvalue weighted by atomic mass is 9.66. The predicted octanol–water partition coefficient (Wildman–Crippen LogP) is 2.15. The zero-order valence-corrected chi connectivity index (χ0v) is 13.8. The van der Waals surface area contributed by atoms with E-state index in [-0.39, 0.29) is 11.3 Å². The van der Waals surface area contributed by atoms with E-state index in [9.17, 15) is 9.90 Å². The first-order chi connectivity index (χ1) is 11.1. The zero-order valence-electron chi connectivity index (χ0n) is 13.8. The van der Waals surface area contributed by atoms with E-state index in [1.807, 2.05) is 6.92 Å². The molecule has 1 unspecified atom stereocenters. The molecule has 1 aliphatic carbocycles. The van der Waals surface area contributed by atoms with Crippen molar-refractivity contribution in [2.75, 3.05) is 26.8 Å². The van der Waals surface area contributed by atoms with Gasteiger partial charge in [0.15, 0.2) is 6.10 Å². The molecule has 2 fully saturated rings. The van der Waals surface area contributed by atoms with Gasteiger partial charge in [-0.05, 0) is 49.3 Å². The van der Waals surface area contributed by atoms with Crippen LogP contribution in [-0.4, -0.2) is 48.8 Å². The lowest BCUT2D eigenvalue weighted by Gasteiger charge is -2.44. The highest BCUT2D eigenvalue weighted by atomic mass is 16.5. The fourth-order valence-corrected chi connectivity index (χ4v) is 3.84. The number of methoxy groups -OCH3 is 1. The molecular formula is C18H25NO4. The van der Waals surface area contributed by atoms with Crippen LogP contribution in [0.2, 0.25) is 0 Å². The highest BCUT2D eigenvalue weighted by Gasteiger charge is 2.50. The molecule has 1 saturated heterocycles. The van der Waals surface area contributed by atoms with E-state index in [1.54, 1.807) is 36.3 Å². The van der Waals surface area contributed by atoms with Gasteiger partial charge in [0, 0.05) is 19.7 Å². The van der Waals surface area contributed by atoms with Crippen LogP contribution >= 0.6 is 0 Å². The quantitative estimate of drug-likeness (QED) is 0.903. The molecule has 1 amide bonds. The summed E-state index contributed by atoms with van der Waals surface area (Å²) in [5.74, 6) is 0.431. The Hall–Kier alpha value is -1.59. The van der Waals surface area contributed by atoms with Crippen LogP contribution < -0.4 is 4.74 Å². The number of benzene rings is 1. The molecule has 0 bridgehead atoms. The third-order valence-corrected chi connectivity index (χ3v) is 5.12. The van der Waals surface area contributed by atoms with Crippen LogP contribution in [0, 0.1) is 5.41 Å². The summed E-state index contributed by atoms with van der Waals surface area (Å²) in [5.41, 5.74) is 0.792. The number of ether oxygens (including phenoxy) is 2. The Labute approximate surface area is 137 Å². The summed E-state index contributed by atoms with van der Waals surface area (Å²) >= 11 is 0. The van der Waals surface area contributed by atoms with Gasteiger partial charge in [-0.25, -0.2) is 0 Å². The monoisotopic (exact) mass is 319 g/mol. The number of carbonyl (C=O) groups is 1. The first-order valence-corrected chi connectivity index (χ1v) is 8.29. The molecule has 1 aromatic rings. The van der Waals surface area contributed by atoms with E-state index < -0.39 is 6.10 Å². The molecule has 23 heavy (non-hydrogen) atoms. The fourth-order valence-electron chi connectivity index (χ4n) is 3.84. The third kappa shape index (κ3) is 3.21. The van der Waals surface area contributed by atoms with Crippen molar-refractivity contribution in [1.82, 2.24) is 4.90 Å². The molecule has 2 aliphatic rings. The number of carbonyl (C=O) groups excluding carboxylic acids is 1. The zero-order chi connectivity index (χ0) is 16.4. The number of aliphatic hydroxyl groups excluding tert-OH is 1. The van der Waals surface area contributed by atoms with Crippen LogP contribution in [0.5, 0.6) is 5.75 Å². The Kier molecular flexibility index (Phi) is 4.60. The average molecular weight is 319 g/mol. The molecule has 1 heterocycles. The number of rotatable bonds is 5. The smallest absolute Gasteiger partial charge is 0.256 e. The van der Waals surface area contributed by atoms with Crippen molar-refractivity contribution in [1.29, 1.82) is 0 Å². The Balaban J connectivity index is 1.60. The maximum absolute atomic E-state index is 12.6. The normalized spacial score (nSPS) is 27.8. The minimum Gasteiger partial charge on any atom is -0.497 e. The second kappa shape index (κ2) is 6.49. The SMILES string of the molecule is CCOC1CC2(CCN(C(=O)C(O)c3cccc(OC)c3)C2)C1. The van der Waals surface area contributed by atoms with Crippen LogP contribution in [0.3, 0.4) is 0 Å². The van der Waals surface area contributed by atoms with E-state index in [1.165, 1.54) is 0 Å². The van der Waals surface area contributed by atoms with Crippen LogP contribution in [0.25, 0.3) is 0 Å². The number of hydrogen-bond donors (Lipinski definition) is 1. The van der Waals surface area contributed by atoms with Crippen LogP contribution in [0.4, 0.5) is 0 Å². The van der Waals surface area contributed by atoms with Crippen molar-refractivity contribution < 1.29 is 19.4 Å². The predicted molar refractivity (Wildman–Crippen MR) is 86.2 cm³/mol. The second-order valence-corrected chi connectivity index (χ2v) is 6.67. The summed E-state index contributed by atoms with van der Waals surface area (Å²) in [7, 11) is 1.57. The van der Waals surface area contributed by atoms with Gasteiger partial charge in [-0.2, -0.15) is 0 Å². The summed E-state index contributed by atoms with van der Waals surface area (Å²) in [6.45, 7) is 4.22. The Morgan fingerprint density at radius 1 is 1.48 bits per heavy atom. The van der Waals surface area contributed by atoms with Crippen molar-refractivity contribution in [2.45, 2.75) is 38.4 Å². The summed E-state index contributed by atoms with van der Waals surface area (Å²) in [5, 5.41) is 10.4. The number of likely N-dealkylation sites (tertiary alicyclic amines) is 1. The van der Waals surface area contributed by atoms with Crippen molar-refractivity contribution in [3.63, 3.8) is 0 Å². The van der Waals surface area contributed by atoms with Gasteiger partial charge in [-0.15, -0.1) is 0 Å². The summed E-state index contributed by atoms with van der Waals surface area (Å²) in [6, 6.07) is 7.05. The minimum absolute atomic E-state index is 0.212. The van der Waals surface area contributed by atoms with E-state index in [4.69, 9.17) is 9.47 Å². The van der Waals surface area contributed by atoms with E-state index in [0.29, 0.717) is 17.4 Å². The standard InChI is InChI=1S/C18H25NO4/c1-3-23-15-10-18(11-15)7-8-19(12-18)17(21)16(20)13-5-4-6-14(9-13)22-2/h4-6,9,15-16,20H,3,7-8,10-12H2,1-2H3. The van der Waals surface area contributed by atoms with Gasteiger partial charge < -0.3 is 19.5 Å². The number of aliphatic hydroxyl groups is 1. The maximum atomic E-state index is 12.6. The van der Waals surface area contributed by atoms with Gasteiger partial charge in [-0.3, -0.25) is 4.79 Å². The molecule has 1 aliphatic heterocycles. The van der Waals surface area contributed by atoms with Gasteiger partial charge >= 0.3 is 0 Å². The molecule has 1 aromatic carbocycles. The van der Waals surface area contributed by atoms with Crippen molar-refractivity contribution >= 4 is 5.91 Å². The van der Waals surface area contributed by atoms with E-state index in [0.717, 1.165) is 39.0 Å². The highest BCUT2D eigenvalue weighted by Crippen LogP contribution is 2.49. The molecule has 0 aromatic heterocycles. The van der Waals surface area contributed by atoms with Gasteiger partial charge in [-0.1, -0.05) is 12.1 Å². The number of amides is 1. The minimum atomic E-state index is -1.12. The van der Waals surface area contributed by atoms with Crippen molar-refractivity contribution in [3.8, 4) is 5.75 Å². The number of hydrogen-bond acceptors (Lipinski definition) is 4. The molecule has 1 atom stereocenters. The molecule has 1 spiro atoms. The third-order valence-electron chi connectivity index (χ3n) is 5.12. The van der Waals surface area contributed by atoms with Gasteiger partial charge in [0.1, 0.15) is 5.75 Å². The van der Waals surface area contributed by atoms with Crippen molar-refractivity contribution in [2.24, 2.45) is 5.41 Å². The lowest BCUT2D eigenvalue weighted by Crippen LogP contribution is -2.45. The molecule has 5 heteroatoms. The Bertz CT molecular complexity index is 568. The Morgan fingerprint density at radius 3 is 2.96 bits per heavy atom. The molecule has 3 rings (SSSR count). The fraction of sp³-hybridized carbons (Fsp3) is 0.611. The van der Waals surface area contributed by atoms with Crippen LogP contribution in [0.1, 0.15) is 37.9 Å². The average Bonchev–Trinajstić information content (AvgIpc) is 2.99. The first-order valence-electron chi connectivity index (χ1n) is 8.29. The van der Waals surface area contributed by atoms with E-state index in [2.05, 4.69) is 0 Å². The maximum Gasteiger partial charge on any atom is 0.256 e. The number of nitrogens with zero attached hydrogens (tertiary/aromatic N) is 1. The Morgan fingerprint density at radius 2 is 2.26 bits per heavy atom. The van der Waals surface area contributed by atoms with Crippen molar-refractivity contribution in [3.05, 3.63) is 29.8 Å². The highest BCUT2D eigenvalue weighted by molar-refractivity contribution is 5.82. The lowest BCUT2D eigenvalue weighted by molar-refractivity contribution is -0.141. The van der Waals surface area contributed by atoms with Gasteiger partial charge in [0.05, 0.1) is 13.2 Å². The summed E-state index contributed by atoms with van der Waals surface area (Å²) in [6.07, 6.45) is 2.29. The molecule has 1 saturated carbocycles. The largest absolute Gasteiger partial charge is 0.497 e. The topological polar surface area (TPSA) is 59.0 Å². The van der Waals surface area contributed by atoms with E-state index >= 15 is 0 Å². The van der Waals surface area contributed by atoms with Gasteiger partial charge in [0.2, 0.25) is 0 Å². The molecular weight excluding hydrogens is 294 g/mol. The summed E-state index contributed by atoms with van der Waals surface area (Å²) < 4.78 is 10.8. The van der Waals surface area contributed by atoms with Crippen LogP contribution in [-0.2, 0) is 9.53 Å². The molecule has 1 N–H and O–H groups in total. The molecule has 126 valence electrons. The first kappa shape index (κ1) is 16.3. The molecule has 5 nitrogen and oxygen atoms in total. The molecule has 0 radical (unpaired) electrons. The summed E-state index contributed by atoms with van der Waals surface area (Å²) in [4.78, 5) is 14.4. The van der Waals surface area contributed by atoms with Gasteiger partial charge in [0.25, 0.3) is 5.91 Å². The van der Waals surface area contributed by atoms with Crippen LogP contribution in [0.15, 0.2) is 24.3 Å². The second-order valence-electron chi connectivity index (χ2n) is 6.67.